The van der Waals surface area contributed by atoms with E-state index in [9.17, 15) is 8.42 Å². The molecule has 0 bridgehead atoms. The molecule has 1 aliphatic rings. The van der Waals surface area contributed by atoms with E-state index < -0.39 is 10.0 Å². The molecule has 2 aromatic carbocycles. The fraction of sp³-hybridized carbons (Fsp3) is 0.250. The van der Waals surface area contributed by atoms with Crippen LogP contribution in [-0.2, 0) is 23.0 Å². The number of para-hydroxylation sites is 1. The van der Waals surface area contributed by atoms with Crippen LogP contribution in [0.5, 0.6) is 11.5 Å². The standard InChI is InChI=1S/C16H17NO4S/c1-20-15-5-3-2-4-13(15)11-17-22(18,19)14-6-7-16-12(10-14)8-9-21-16/h2-7,10,17H,8-9,11H2,1H3. The molecule has 116 valence electrons. The van der Waals surface area contributed by atoms with E-state index in [-0.39, 0.29) is 11.4 Å². The summed E-state index contributed by atoms with van der Waals surface area (Å²) in [4.78, 5) is 0.256. The van der Waals surface area contributed by atoms with Crippen LogP contribution in [-0.4, -0.2) is 22.1 Å². The third-order valence-electron chi connectivity index (χ3n) is 3.62. The van der Waals surface area contributed by atoms with Crippen molar-refractivity contribution >= 4 is 10.0 Å². The average Bonchev–Trinajstić information content (AvgIpc) is 3.01. The fourth-order valence-corrected chi connectivity index (χ4v) is 3.49. The van der Waals surface area contributed by atoms with Gasteiger partial charge in [-0.25, -0.2) is 13.1 Å². The van der Waals surface area contributed by atoms with Gasteiger partial charge in [-0.3, -0.25) is 0 Å². The van der Waals surface area contributed by atoms with Gasteiger partial charge in [0.25, 0.3) is 0 Å². The van der Waals surface area contributed by atoms with Crippen LogP contribution in [0.1, 0.15) is 11.1 Å². The summed E-state index contributed by atoms with van der Waals surface area (Å²) in [6.07, 6.45) is 0.741. The first-order chi connectivity index (χ1) is 10.6. The molecule has 22 heavy (non-hydrogen) atoms. The van der Waals surface area contributed by atoms with Gasteiger partial charge >= 0.3 is 0 Å². The van der Waals surface area contributed by atoms with Crippen molar-refractivity contribution in [3.8, 4) is 11.5 Å². The maximum Gasteiger partial charge on any atom is 0.240 e. The zero-order valence-electron chi connectivity index (χ0n) is 12.2. The number of methoxy groups -OCH3 is 1. The van der Waals surface area contributed by atoms with Crippen molar-refractivity contribution in [3.63, 3.8) is 0 Å². The zero-order valence-corrected chi connectivity index (χ0v) is 13.0. The van der Waals surface area contributed by atoms with Crippen molar-refractivity contribution in [1.82, 2.24) is 4.72 Å². The van der Waals surface area contributed by atoms with E-state index in [2.05, 4.69) is 4.72 Å². The van der Waals surface area contributed by atoms with Crippen LogP contribution in [0.3, 0.4) is 0 Å². The van der Waals surface area contributed by atoms with Gasteiger partial charge in [0.05, 0.1) is 18.6 Å². The van der Waals surface area contributed by atoms with Crippen molar-refractivity contribution in [2.75, 3.05) is 13.7 Å². The van der Waals surface area contributed by atoms with Gasteiger partial charge in [0.2, 0.25) is 10.0 Å². The minimum Gasteiger partial charge on any atom is -0.496 e. The smallest absolute Gasteiger partial charge is 0.240 e. The number of hydrogen-bond acceptors (Lipinski definition) is 4. The molecular formula is C16H17NO4S. The summed E-state index contributed by atoms with van der Waals surface area (Å²) in [7, 11) is -2.00. The van der Waals surface area contributed by atoms with Crippen molar-refractivity contribution in [3.05, 3.63) is 53.6 Å². The number of fused-ring (bicyclic) bond motifs is 1. The summed E-state index contributed by atoms with van der Waals surface area (Å²) in [6, 6.07) is 12.3. The Morgan fingerprint density at radius 3 is 2.86 bits per heavy atom. The largest absolute Gasteiger partial charge is 0.496 e. The zero-order chi connectivity index (χ0) is 15.6. The van der Waals surface area contributed by atoms with Crippen LogP contribution in [0, 0.1) is 0 Å². The number of hydrogen-bond donors (Lipinski definition) is 1. The van der Waals surface area contributed by atoms with Crippen molar-refractivity contribution in [1.29, 1.82) is 0 Å². The highest BCUT2D eigenvalue weighted by Gasteiger charge is 2.19. The summed E-state index contributed by atoms with van der Waals surface area (Å²) < 4.78 is 38.1. The number of ether oxygens (including phenoxy) is 2. The molecule has 3 rings (SSSR count). The van der Waals surface area contributed by atoms with Crippen LogP contribution in [0.15, 0.2) is 47.4 Å². The highest BCUT2D eigenvalue weighted by molar-refractivity contribution is 7.89. The summed E-state index contributed by atoms with van der Waals surface area (Å²) in [5, 5.41) is 0. The van der Waals surface area contributed by atoms with Crippen LogP contribution in [0.2, 0.25) is 0 Å². The van der Waals surface area contributed by atoms with E-state index in [0.717, 1.165) is 23.3 Å². The molecule has 0 fully saturated rings. The molecule has 0 atom stereocenters. The van der Waals surface area contributed by atoms with Gasteiger partial charge in [0.15, 0.2) is 0 Å². The van der Waals surface area contributed by atoms with Crippen LogP contribution >= 0.6 is 0 Å². The van der Waals surface area contributed by atoms with Gasteiger partial charge in [-0.1, -0.05) is 18.2 Å². The normalized spacial score (nSPS) is 13.5. The number of rotatable bonds is 5. The molecule has 0 aromatic heterocycles. The molecule has 1 aliphatic heterocycles. The van der Waals surface area contributed by atoms with E-state index in [1.165, 1.54) is 0 Å². The Morgan fingerprint density at radius 1 is 1.23 bits per heavy atom. The molecule has 1 heterocycles. The summed E-state index contributed by atoms with van der Waals surface area (Å²) >= 11 is 0. The quantitative estimate of drug-likeness (QED) is 0.917. The Kier molecular flexibility index (Phi) is 4.04. The SMILES string of the molecule is COc1ccccc1CNS(=O)(=O)c1ccc2c(c1)CCO2. The van der Waals surface area contributed by atoms with Gasteiger partial charge < -0.3 is 9.47 Å². The molecule has 0 saturated heterocycles. The summed E-state index contributed by atoms with van der Waals surface area (Å²) in [5.74, 6) is 1.43. The molecule has 6 heteroatoms. The van der Waals surface area contributed by atoms with Gasteiger partial charge in [0, 0.05) is 18.5 Å². The Labute approximate surface area is 129 Å². The molecular weight excluding hydrogens is 302 g/mol. The highest BCUT2D eigenvalue weighted by Crippen LogP contribution is 2.27. The van der Waals surface area contributed by atoms with Crippen LogP contribution < -0.4 is 14.2 Å². The van der Waals surface area contributed by atoms with Gasteiger partial charge in [0.1, 0.15) is 11.5 Å². The first-order valence-corrected chi connectivity index (χ1v) is 8.46. The van der Waals surface area contributed by atoms with Crippen LogP contribution in [0.25, 0.3) is 0 Å². The second-order valence-corrected chi connectivity index (χ2v) is 6.77. The van der Waals surface area contributed by atoms with E-state index in [4.69, 9.17) is 9.47 Å². The average molecular weight is 319 g/mol. The third-order valence-corrected chi connectivity index (χ3v) is 5.02. The Bertz CT molecular complexity index is 786. The van der Waals surface area contributed by atoms with E-state index in [1.807, 2.05) is 18.2 Å². The van der Waals surface area contributed by atoms with Crippen LogP contribution in [0.4, 0.5) is 0 Å². The fourth-order valence-electron chi connectivity index (χ4n) is 2.44. The lowest BCUT2D eigenvalue weighted by Crippen LogP contribution is -2.23. The van der Waals surface area contributed by atoms with Gasteiger partial charge in [-0.05, 0) is 29.8 Å². The number of sulfonamides is 1. The van der Waals surface area contributed by atoms with E-state index in [0.29, 0.717) is 12.4 Å². The topological polar surface area (TPSA) is 64.6 Å². The number of nitrogens with one attached hydrogen (secondary N) is 1. The lowest BCUT2D eigenvalue weighted by molar-refractivity contribution is 0.356. The molecule has 0 saturated carbocycles. The molecule has 5 nitrogen and oxygen atoms in total. The van der Waals surface area contributed by atoms with Gasteiger partial charge in [-0.2, -0.15) is 0 Å². The number of benzene rings is 2. The molecule has 0 radical (unpaired) electrons. The van der Waals surface area contributed by atoms with Crippen molar-refractivity contribution < 1.29 is 17.9 Å². The second-order valence-electron chi connectivity index (χ2n) is 5.00. The minimum atomic E-state index is -3.57. The Balaban J connectivity index is 1.79. The van der Waals surface area contributed by atoms with Gasteiger partial charge in [-0.15, -0.1) is 0 Å². The highest BCUT2D eigenvalue weighted by atomic mass is 32.2. The third kappa shape index (κ3) is 2.93. The molecule has 0 spiro atoms. The molecule has 0 amide bonds. The Hall–Kier alpha value is -2.05. The summed E-state index contributed by atoms with van der Waals surface area (Å²) in [6.45, 7) is 0.785. The first kappa shape index (κ1) is 14.9. The lowest BCUT2D eigenvalue weighted by atomic mass is 10.2. The van der Waals surface area contributed by atoms with Crippen molar-refractivity contribution in [2.24, 2.45) is 0 Å². The van der Waals surface area contributed by atoms with E-state index >= 15 is 0 Å². The predicted molar refractivity (Wildman–Crippen MR) is 82.7 cm³/mol. The maximum atomic E-state index is 12.4. The molecule has 0 unspecified atom stereocenters. The molecule has 2 aromatic rings. The first-order valence-electron chi connectivity index (χ1n) is 6.97. The monoisotopic (exact) mass is 319 g/mol. The maximum absolute atomic E-state index is 12.4. The summed E-state index contributed by atoms with van der Waals surface area (Å²) in [5.41, 5.74) is 1.72. The van der Waals surface area contributed by atoms with E-state index in [1.54, 1.807) is 31.4 Å². The predicted octanol–water partition coefficient (Wildman–Crippen LogP) is 2.11. The Morgan fingerprint density at radius 2 is 2.05 bits per heavy atom. The van der Waals surface area contributed by atoms with Crippen molar-refractivity contribution in [2.45, 2.75) is 17.9 Å². The molecule has 1 N–H and O–H groups in total. The second kappa shape index (κ2) is 5.98. The lowest BCUT2D eigenvalue weighted by Gasteiger charge is -2.10. The minimum absolute atomic E-state index is 0.180. The molecule has 0 aliphatic carbocycles.